The Labute approximate surface area is 96.7 Å². The Morgan fingerprint density at radius 1 is 1.60 bits per heavy atom. The average Bonchev–Trinajstić information content (AvgIpc) is 2.84. The summed E-state index contributed by atoms with van der Waals surface area (Å²) in [7, 11) is 0. The van der Waals surface area contributed by atoms with Crippen molar-refractivity contribution in [2.24, 2.45) is 11.7 Å². The van der Waals surface area contributed by atoms with Gasteiger partial charge in [0.1, 0.15) is 0 Å². The second-order valence-corrected chi connectivity index (χ2v) is 5.79. The highest BCUT2D eigenvalue weighted by Gasteiger charge is 2.34. The van der Waals surface area contributed by atoms with Gasteiger partial charge in [0, 0.05) is 5.54 Å². The minimum atomic E-state index is 0.141. The highest BCUT2D eigenvalue weighted by molar-refractivity contribution is 7.07. The molecule has 0 radical (unpaired) electrons. The number of aryl methyl sites for hydroxylation is 1. The minimum absolute atomic E-state index is 0.141. The summed E-state index contributed by atoms with van der Waals surface area (Å²) < 4.78 is 0. The lowest BCUT2D eigenvalue weighted by Gasteiger charge is -2.24. The van der Waals surface area contributed by atoms with Gasteiger partial charge in [0.05, 0.1) is 0 Å². The Kier molecular flexibility index (Phi) is 3.47. The first-order valence-electron chi connectivity index (χ1n) is 6.02. The first kappa shape index (κ1) is 11.2. The minimum Gasteiger partial charge on any atom is -0.325 e. The maximum absolute atomic E-state index is 6.45. The van der Waals surface area contributed by atoms with Gasteiger partial charge >= 0.3 is 0 Å². The van der Waals surface area contributed by atoms with Gasteiger partial charge in [0.15, 0.2) is 0 Å². The zero-order chi connectivity index (χ0) is 10.7. The van der Waals surface area contributed by atoms with Crippen LogP contribution in [0.1, 0.15) is 44.6 Å². The van der Waals surface area contributed by atoms with Crippen LogP contribution in [-0.2, 0) is 6.42 Å². The van der Waals surface area contributed by atoms with Crippen molar-refractivity contribution in [3.63, 3.8) is 0 Å². The van der Waals surface area contributed by atoms with E-state index in [9.17, 15) is 0 Å². The molecule has 1 aliphatic carbocycles. The summed E-state index contributed by atoms with van der Waals surface area (Å²) in [6.07, 6.45) is 7.45. The lowest BCUT2D eigenvalue weighted by Crippen LogP contribution is -2.37. The fourth-order valence-corrected chi connectivity index (χ4v) is 3.38. The van der Waals surface area contributed by atoms with Crippen molar-refractivity contribution in [1.29, 1.82) is 0 Å². The quantitative estimate of drug-likeness (QED) is 0.829. The van der Waals surface area contributed by atoms with Crippen LogP contribution in [0.2, 0.25) is 0 Å². The topological polar surface area (TPSA) is 26.0 Å². The van der Waals surface area contributed by atoms with Crippen molar-refractivity contribution in [2.75, 3.05) is 0 Å². The second-order valence-electron chi connectivity index (χ2n) is 5.01. The Morgan fingerprint density at radius 3 is 3.07 bits per heavy atom. The molecule has 1 aliphatic rings. The van der Waals surface area contributed by atoms with Gasteiger partial charge in [-0.1, -0.05) is 13.3 Å². The molecule has 0 saturated heterocycles. The van der Waals surface area contributed by atoms with E-state index in [0.29, 0.717) is 0 Å². The molecule has 2 atom stereocenters. The van der Waals surface area contributed by atoms with E-state index in [1.165, 1.54) is 37.7 Å². The second kappa shape index (κ2) is 4.67. The number of thiophene rings is 1. The predicted octanol–water partition coefficient (Wildman–Crippen LogP) is 3.59. The molecule has 0 bridgehead atoms. The molecule has 1 fully saturated rings. The van der Waals surface area contributed by atoms with E-state index >= 15 is 0 Å². The van der Waals surface area contributed by atoms with Gasteiger partial charge in [-0.3, -0.25) is 0 Å². The normalized spacial score (nSPS) is 30.9. The van der Waals surface area contributed by atoms with Crippen LogP contribution in [0.25, 0.3) is 0 Å². The van der Waals surface area contributed by atoms with Crippen LogP contribution in [0.4, 0.5) is 0 Å². The zero-order valence-corrected chi connectivity index (χ0v) is 10.4. The molecular weight excluding hydrogens is 202 g/mol. The third-order valence-electron chi connectivity index (χ3n) is 3.81. The van der Waals surface area contributed by atoms with Crippen molar-refractivity contribution >= 4 is 11.3 Å². The van der Waals surface area contributed by atoms with Crippen LogP contribution in [0.15, 0.2) is 16.8 Å². The average molecular weight is 223 g/mol. The number of hydrogen-bond donors (Lipinski definition) is 1. The van der Waals surface area contributed by atoms with Crippen LogP contribution in [0.5, 0.6) is 0 Å². The molecule has 1 nitrogen and oxygen atoms in total. The molecule has 1 heterocycles. The third-order valence-corrected chi connectivity index (χ3v) is 4.55. The van der Waals surface area contributed by atoms with Crippen molar-refractivity contribution in [3.8, 4) is 0 Å². The van der Waals surface area contributed by atoms with Gasteiger partial charge < -0.3 is 5.73 Å². The van der Waals surface area contributed by atoms with Crippen LogP contribution in [0.3, 0.4) is 0 Å². The summed E-state index contributed by atoms with van der Waals surface area (Å²) in [6, 6.07) is 2.22. The van der Waals surface area contributed by atoms with Crippen molar-refractivity contribution < 1.29 is 0 Å². The van der Waals surface area contributed by atoms with Gasteiger partial charge in [-0.15, -0.1) is 0 Å². The molecule has 2 heteroatoms. The van der Waals surface area contributed by atoms with Gasteiger partial charge in [-0.05, 0) is 60.4 Å². The summed E-state index contributed by atoms with van der Waals surface area (Å²) in [6.45, 7) is 2.29. The molecule has 1 saturated carbocycles. The Morgan fingerprint density at radius 2 is 2.47 bits per heavy atom. The van der Waals surface area contributed by atoms with Crippen molar-refractivity contribution in [2.45, 2.75) is 51.0 Å². The molecule has 2 N–H and O–H groups in total. The van der Waals surface area contributed by atoms with Gasteiger partial charge in [-0.2, -0.15) is 11.3 Å². The van der Waals surface area contributed by atoms with Gasteiger partial charge in [-0.25, -0.2) is 0 Å². The van der Waals surface area contributed by atoms with Crippen LogP contribution < -0.4 is 5.73 Å². The Bertz CT molecular complexity index is 293. The summed E-state index contributed by atoms with van der Waals surface area (Å²) in [5.41, 5.74) is 8.05. The summed E-state index contributed by atoms with van der Waals surface area (Å²) in [5.74, 6) is 0.887. The molecule has 2 rings (SSSR count). The van der Waals surface area contributed by atoms with Gasteiger partial charge in [0.25, 0.3) is 0 Å². The fraction of sp³-hybridized carbons (Fsp3) is 0.692. The summed E-state index contributed by atoms with van der Waals surface area (Å²) in [4.78, 5) is 0. The molecule has 1 aromatic rings. The van der Waals surface area contributed by atoms with E-state index in [1.807, 2.05) is 0 Å². The van der Waals surface area contributed by atoms with E-state index in [1.54, 1.807) is 11.3 Å². The SMILES string of the molecule is CCC1CCC(N)(CCc2ccsc2)C1. The van der Waals surface area contributed by atoms with Crippen LogP contribution in [0, 0.1) is 5.92 Å². The van der Waals surface area contributed by atoms with Crippen molar-refractivity contribution in [1.82, 2.24) is 0 Å². The van der Waals surface area contributed by atoms with Crippen LogP contribution >= 0.6 is 11.3 Å². The van der Waals surface area contributed by atoms with E-state index < -0.39 is 0 Å². The van der Waals surface area contributed by atoms with E-state index in [4.69, 9.17) is 5.73 Å². The molecule has 0 aromatic carbocycles. The molecule has 0 aliphatic heterocycles. The van der Waals surface area contributed by atoms with Gasteiger partial charge in [0.2, 0.25) is 0 Å². The smallest absolute Gasteiger partial charge is 0.0160 e. The van der Waals surface area contributed by atoms with E-state index in [2.05, 4.69) is 23.8 Å². The highest BCUT2D eigenvalue weighted by Crippen LogP contribution is 2.37. The maximum atomic E-state index is 6.45. The molecular formula is C13H21NS. The summed E-state index contributed by atoms with van der Waals surface area (Å²) in [5, 5.41) is 4.40. The molecule has 15 heavy (non-hydrogen) atoms. The standard InChI is InChI=1S/C13H21NS/c1-2-11-3-6-13(14,9-11)7-4-12-5-8-15-10-12/h5,8,10-11H,2-4,6-7,9,14H2,1H3. The lowest BCUT2D eigenvalue weighted by atomic mass is 9.90. The first-order valence-corrected chi connectivity index (χ1v) is 6.96. The van der Waals surface area contributed by atoms with E-state index in [-0.39, 0.29) is 5.54 Å². The molecule has 0 spiro atoms. The fourth-order valence-electron chi connectivity index (χ4n) is 2.67. The zero-order valence-electron chi connectivity index (χ0n) is 9.54. The van der Waals surface area contributed by atoms with E-state index in [0.717, 1.165) is 12.3 Å². The van der Waals surface area contributed by atoms with Crippen molar-refractivity contribution in [3.05, 3.63) is 22.4 Å². The Balaban J connectivity index is 1.84. The number of nitrogens with two attached hydrogens (primary N) is 1. The first-order chi connectivity index (χ1) is 7.22. The van der Waals surface area contributed by atoms with Crippen LogP contribution in [-0.4, -0.2) is 5.54 Å². The Hall–Kier alpha value is -0.340. The lowest BCUT2D eigenvalue weighted by molar-refractivity contribution is 0.382. The highest BCUT2D eigenvalue weighted by atomic mass is 32.1. The molecule has 84 valence electrons. The third kappa shape index (κ3) is 2.82. The maximum Gasteiger partial charge on any atom is 0.0160 e. The molecule has 2 unspecified atom stereocenters. The number of hydrogen-bond acceptors (Lipinski definition) is 2. The summed E-state index contributed by atoms with van der Waals surface area (Å²) >= 11 is 1.79. The monoisotopic (exact) mass is 223 g/mol. The molecule has 1 aromatic heterocycles. The largest absolute Gasteiger partial charge is 0.325 e. The molecule has 0 amide bonds. The number of rotatable bonds is 4. The predicted molar refractivity (Wildman–Crippen MR) is 67.2 cm³/mol.